The lowest BCUT2D eigenvalue weighted by atomic mass is 9.81. The van der Waals surface area contributed by atoms with Gasteiger partial charge in [-0.15, -0.1) is 5.10 Å². The van der Waals surface area contributed by atoms with E-state index in [0.29, 0.717) is 24.6 Å². The molecule has 4 heterocycles. The van der Waals surface area contributed by atoms with Gasteiger partial charge in [0, 0.05) is 28.6 Å². The first kappa shape index (κ1) is 23.3. The Hall–Kier alpha value is -3.78. The average molecular weight is 510 g/mol. The summed E-state index contributed by atoms with van der Waals surface area (Å²) in [5, 5.41) is 23.8. The quantitative estimate of drug-likeness (QED) is 0.367. The molecule has 1 saturated carbocycles. The van der Waals surface area contributed by atoms with Gasteiger partial charge in [0.1, 0.15) is 0 Å². The van der Waals surface area contributed by atoms with Crippen LogP contribution in [0, 0.1) is 0 Å². The van der Waals surface area contributed by atoms with E-state index in [1.165, 1.54) is 36.1 Å². The van der Waals surface area contributed by atoms with Crippen LogP contribution >= 0.6 is 0 Å². The van der Waals surface area contributed by atoms with Gasteiger partial charge in [0.15, 0.2) is 5.82 Å². The average Bonchev–Trinajstić information content (AvgIpc) is 3.67. The van der Waals surface area contributed by atoms with E-state index in [-0.39, 0.29) is 6.10 Å². The molecular weight excluding hydrogens is 478 g/mol. The van der Waals surface area contributed by atoms with Crippen molar-refractivity contribution in [3.63, 3.8) is 0 Å². The van der Waals surface area contributed by atoms with E-state index in [1.807, 2.05) is 16.8 Å². The molecule has 0 radical (unpaired) electrons. The molecule has 0 spiro atoms. The summed E-state index contributed by atoms with van der Waals surface area (Å²) in [7, 11) is 0. The molecule has 2 aromatic heterocycles. The fourth-order valence-electron chi connectivity index (χ4n) is 6.68. The Balaban J connectivity index is 1.44. The Bertz CT molecular complexity index is 1550. The molecule has 1 aliphatic carbocycles. The van der Waals surface area contributed by atoms with Crippen molar-refractivity contribution >= 4 is 28.5 Å². The van der Waals surface area contributed by atoms with E-state index in [4.69, 9.17) is 4.74 Å². The number of carbonyl (C=O) groups is 1. The smallest absolute Gasteiger partial charge is 0.335 e. The lowest BCUT2D eigenvalue weighted by Crippen LogP contribution is -2.18. The summed E-state index contributed by atoms with van der Waals surface area (Å²) in [4.78, 5) is 12.0. The van der Waals surface area contributed by atoms with Crippen LogP contribution in [0.5, 0.6) is 0 Å². The summed E-state index contributed by atoms with van der Waals surface area (Å²) >= 11 is 0. The lowest BCUT2D eigenvalue weighted by Gasteiger charge is -2.24. The number of carboxylic acid groups (broad SMARTS) is 1. The highest BCUT2D eigenvalue weighted by Gasteiger charge is 2.30. The molecule has 2 aliphatic heterocycles. The third kappa shape index (κ3) is 3.95. The fourth-order valence-corrected chi connectivity index (χ4v) is 6.68. The van der Waals surface area contributed by atoms with E-state index in [9.17, 15) is 9.90 Å². The zero-order valence-electron chi connectivity index (χ0n) is 21.3. The molecule has 38 heavy (non-hydrogen) atoms. The molecule has 8 heteroatoms. The second-order valence-corrected chi connectivity index (χ2v) is 10.8. The van der Waals surface area contributed by atoms with Gasteiger partial charge in [0.05, 0.1) is 30.5 Å². The molecule has 194 valence electrons. The largest absolute Gasteiger partial charge is 0.478 e. The van der Waals surface area contributed by atoms with Crippen LogP contribution in [-0.4, -0.2) is 48.6 Å². The van der Waals surface area contributed by atoms with E-state index >= 15 is 0 Å². The number of nitrogens with zero attached hydrogens (tertiary/aromatic N) is 5. The maximum Gasteiger partial charge on any atom is 0.335 e. The van der Waals surface area contributed by atoms with Crippen molar-refractivity contribution in [2.75, 3.05) is 6.61 Å². The Kier molecular flexibility index (Phi) is 5.84. The summed E-state index contributed by atoms with van der Waals surface area (Å²) in [5.74, 6) is 0.281. The number of hydrogen-bond donors (Lipinski definition) is 1. The van der Waals surface area contributed by atoms with Gasteiger partial charge in [-0.3, -0.25) is 0 Å². The van der Waals surface area contributed by atoms with Crippen LogP contribution in [0.2, 0.25) is 0 Å². The first-order chi connectivity index (χ1) is 18.7. The van der Waals surface area contributed by atoms with Crippen molar-refractivity contribution in [2.24, 2.45) is 0 Å². The van der Waals surface area contributed by atoms with Gasteiger partial charge in [-0.25, -0.2) is 9.48 Å². The molecule has 0 amide bonds. The summed E-state index contributed by atoms with van der Waals surface area (Å²) < 4.78 is 10.1. The van der Waals surface area contributed by atoms with Gasteiger partial charge in [-0.2, -0.15) is 0 Å². The number of ether oxygens (including phenoxy) is 1. The topological polar surface area (TPSA) is 95.1 Å². The van der Waals surface area contributed by atoms with Crippen LogP contribution in [0.25, 0.3) is 33.8 Å². The van der Waals surface area contributed by atoms with Gasteiger partial charge in [-0.1, -0.05) is 49.6 Å². The highest BCUT2D eigenvalue weighted by Crippen LogP contribution is 2.47. The molecule has 2 aromatic carbocycles. The summed E-state index contributed by atoms with van der Waals surface area (Å²) in [5.41, 5.74) is 7.14. The van der Waals surface area contributed by atoms with Crippen molar-refractivity contribution in [3.8, 4) is 11.3 Å². The standard InChI is InChI=1S/C30H31N5O3/c36-30(37)21-12-13-25-26(16-21)34-17-22(29-31-32-33-35(29)18-23-10-6-14-38-23)15-20-9-4-5-11-24(20)28(34)27(25)19-7-2-1-3-8-19/h4-5,9,11-13,15-16,19,23H,1-3,6-8,10,14,17-18H2,(H,36,37). The van der Waals surface area contributed by atoms with Gasteiger partial charge in [0.2, 0.25) is 0 Å². The summed E-state index contributed by atoms with van der Waals surface area (Å²) in [6.45, 7) is 1.96. The van der Waals surface area contributed by atoms with Crippen LogP contribution in [0.3, 0.4) is 0 Å². The first-order valence-corrected chi connectivity index (χ1v) is 13.7. The van der Waals surface area contributed by atoms with Crippen LogP contribution < -0.4 is 0 Å². The fraction of sp³-hybridized carbons (Fsp3) is 0.400. The van der Waals surface area contributed by atoms with Gasteiger partial charge in [-0.05, 0) is 71.4 Å². The third-order valence-corrected chi connectivity index (χ3v) is 8.46. The van der Waals surface area contributed by atoms with Crippen LogP contribution in [0.1, 0.15) is 78.2 Å². The monoisotopic (exact) mass is 509 g/mol. The SMILES string of the molecule is O=C(O)c1ccc2c(C3CCCCC3)c3n(c2c1)CC(c1nnnn1CC1CCCO1)=Cc1ccccc1-3. The normalized spacial score (nSPS) is 19.7. The molecule has 0 bridgehead atoms. The lowest BCUT2D eigenvalue weighted by molar-refractivity contribution is 0.0697. The van der Waals surface area contributed by atoms with Crippen molar-refractivity contribution in [1.29, 1.82) is 0 Å². The maximum atomic E-state index is 12.0. The molecule has 1 N–H and O–H groups in total. The van der Waals surface area contributed by atoms with E-state index in [2.05, 4.69) is 50.4 Å². The predicted octanol–water partition coefficient (Wildman–Crippen LogP) is 5.77. The number of allylic oxidation sites excluding steroid dienone is 1. The third-order valence-electron chi connectivity index (χ3n) is 8.46. The summed E-state index contributed by atoms with van der Waals surface area (Å²) in [6, 6.07) is 14.1. The molecule has 7 rings (SSSR count). The highest BCUT2D eigenvalue weighted by molar-refractivity contribution is 6.00. The van der Waals surface area contributed by atoms with E-state index in [1.54, 1.807) is 6.07 Å². The number of rotatable bonds is 5. The van der Waals surface area contributed by atoms with Crippen LogP contribution in [-0.2, 0) is 17.8 Å². The predicted molar refractivity (Wildman–Crippen MR) is 145 cm³/mol. The summed E-state index contributed by atoms with van der Waals surface area (Å²) in [6.07, 6.45) is 10.5. The van der Waals surface area contributed by atoms with Crippen molar-refractivity contribution in [1.82, 2.24) is 24.8 Å². The Morgan fingerprint density at radius 2 is 1.92 bits per heavy atom. The number of aromatic carboxylic acids is 1. The van der Waals surface area contributed by atoms with Gasteiger partial charge >= 0.3 is 5.97 Å². The van der Waals surface area contributed by atoms with E-state index in [0.717, 1.165) is 60.2 Å². The Labute approximate surface area is 220 Å². The number of hydrogen-bond acceptors (Lipinski definition) is 5. The number of carboxylic acids is 1. The van der Waals surface area contributed by atoms with Gasteiger partial charge < -0.3 is 14.4 Å². The van der Waals surface area contributed by atoms with Crippen LogP contribution in [0.4, 0.5) is 0 Å². The van der Waals surface area contributed by atoms with Crippen molar-refractivity contribution in [2.45, 2.75) is 70.1 Å². The van der Waals surface area contributed by atoms with Crippen LogP contribution in [0.15, 0.2) is 42.5 Å². The highest BCUT2D eigenvalue weighted by atomic mass is 16.5. The maximum absolute atomic E-state index is 12.0. The Morgan fingerprint density at radius 1 is 1.05 bits per heavy atom. The second kappa shape index (κ2) is 9.51. The number of benzene rings is 2. The number of tetrazole rings is 1. The second-order valence-electron chi connectivity index (χ2n) is 10.8. The van der Waals surface area contributed by atoms with Gasteiger partial charge in [0.25, 0.3) is 0 Å². The molecule has 1 atom stereocenters. The number of aromatic nitrogens is 5. The molecule has 1 saturated heterocycles. The molecule has 3 aliphatic rings. The Morgan fingerprint density at radius 3 is 2.74 bits per heavy atom. The molecule has 8 nitrogen and oxygen atoms in total. The van der Waals surface area contributed by atoms with Crippen molar-refractivity contribution in [3.05, 3.63) is 65.0 Å². The van der Waals surface area contributed by atoms with E-state index < -0.39 is 5.97 Å². The zero-order valence-corrected chi connectivity index (χ0v) is 21.3. The minimum absolute atomic E-state index is 0.120. The molecular formula is C30H31N5O3. The first-order valence-electron chi connectivity index (χ1n) is 13.7. The zero-order chi connectivity index (χ0) is 25.6. The molecule has 1 unspecified atom stereocenters. The molecule has 4 aromatic rings. The van der Waals surface area contributed by atoms with Crippen molar-refractivity contribution < 1.29 is 14.6 Å². The molecule has 2 fully saturated rings. The number of fused-ring (bicyclic) bond motifs is 5. The minimum atomic E-state index is -0.910. The minimum Gasteiger partial charge on any atom is -0.478 e.